The number of carbonyl (C=O) groups is 2. The maximum Gasteiger partial charge on any atom is 0.309 e. The number of thiophene rings is 1. The molecule has 2 aromatic rings. The molecule has 0 spiro atoms. The van der Waals surface area contributed by atoms with E-state index in [-0.39, 0.29) is 12.3 Å². The van der Waals surface area contributed by atoms with Gasteiger partial charge in [0.05, 0.1) is 32.7 Å². The van der Waals surface area contributed by atoms with Crippen LogP contribution in [0.2, 0.25) is 0 Å². The van der Waals surface area contributed by atoms with Crippen LogP contribution >= 0.6 is 27.3 Å². The summed E-state index contributed by atoms with van der Waals surface area (Å²) in [5.41, 5.74) is 0.980. The Labute approximate surface area is 121 Å². The highest BCUT2D eigenvalue weighted by atomic mass is 79.9. The summed E-state index contributed by atoms with van der Waals surface area (Å²) in [6, 6.07) is 6.73. The van der Waals surface area contributed by atoms with Gasteiger partial charge in [0, 0.05) is 0 Å². The SMILES string of the molecule is O=C(O)Cc1ccc(NC(=O)c2ccc(Br)s2)cn1. The number of nitrogens with one attached hydrogen (secondary N) is 1. The van der Waals surface area contributed by atoms with Gasteiger partial charge < -0.3 is 10.4 Å². The van der Waals surface area contributed by atoms with Crippen molar-refractivity contribution in [2.75, 3.05) is 5.32 Å². The lowest BCUT2D eigenvalue weighted by molar-refractivity contribution is -0.136. The van der Waals surface area contributed by atoms with Crippen molar-refractivity contribution in [3.05, 3.63) is 44.8 Å². The third-order valence-corrected chi connectivity index (χ3v) is 3.83. The lowest BCUT2D eigenvalue weighted by Gasteiger charge is -2.03. The fourth-order valence-corrected chi connectivity index (χ4v) is 2.67. The van der Waals surface area contributed by atoms with E-state index in [9.17, 15) is 9.59 Å². The Bertz CT molecular complexity index is 610. The minimum Gasteiger partial charge on any atom is -0.481 e. The monoisotopic (exact) mass is 340 g/mol. The summed E-state index contributed by atoms with van der Waals surface area (Å²) in [5, 5.41) is 11.3. The molecule has 7 heteroatoms. The summed E-state index contributed by atoms with van der Waals surface area (Å²) < 4.78 is 0.882. The largest absolute Gasteiger partial charge is 0.481 e. The second kappa shape index (κ2) is 5.94. The molecule has 98 valence electrons. The Morgan fingerprint density at radius 3 is 2.63 bits per heavy atom. The summed E-state index contributed by atoms with van der Waals surface area (Å²) in [4.78, 5) is 26.9. The van der Waals surface area contributed by atoms with Crippen LogP contribution in [0.5, 0.6) is 0 Å². The fourth-order valence-electron chi connectivity index (χ4n) is 1.39. The van der Waals surface area contributed by atoms with Crippen molar-refractivity contribution in [3.8, 4) is 0 Å². The lowest BCUT2D eigenvalue weighted by atomic mass is 10.2. The predicted octanol–water partition coefficient (Wildman–Crippen LogP) is 2.79. The van der Waals surface area contributed by atoms with Crippen LogP contribution in [0, 0.1) is 0 Å². The van der Waals surface area contributed by atoms with Crippen LogP contribution in [-0.2, 0) is 11.2 Å². The number of amides is 1. The van der Waals surface area contributed by atoms with E-state index in [1.165, 1.54) is 17.5 Å². The zero-order valence-corrected chi connectivity index (χ0v) is 12.0. The van der Waals surface area contributed by atoms with E-state index in [1.54, 1.807) is 24.3 Å². The van der Waals surface area contributed by atoms with Gasteiger partial charge >= 0.3 is 5.97 Å². The number of halogens is 1. The summed E-state index contributed by atoms with van der Waals surface area (Å²) in [7, 11) is 0. The van der Waals surface area contributed by atoms with Gasteiger partial charge in [-0.15, -0.1) is 11.3 Å². The van der Waals surface area contributed by atoms with Crippen LogP contribution in [-0.4, -0.2) is 22.0 Å². The van der Waals surface area contributed by atoms with Gasteiger partial charge in [0.25, 0.3) is 5.91 Å². The zero-order chi connectivity index (χ0) is 13.8. The van der Waals surface area contributed by atoms with E-state index >= 15 is 0 Å². The third-order valence-electron chi connectivity index (χ3n) is 2.21. The third kappa shape index (κ3) is 3.87. The molecular formula is C12H9BrN2O3S. The number of hydrogen-bond acceptors (Lipinski definition) is 4. The second-order valence-electron chi connectivity index (χ2n) is 3.67. The number of anilines is 1. The molecule has 19 heavy (non-hydrogen) atoms. The normalized spacial score (nSPS) is 10.2. The molecular weight excluding hydrogens is 332 g/mol. The molecule has 0 aliphatic heterocycles. The molecule has 2 N–H and O–H groups in total. The molecule has 0 atom stereocenters. The van der Waals surface area contributed by atoms with E-state index in [1.807, 2.05) is 0 Å². The molecule has 2 heterocycles. The number of carboxylic acid groups (broad SMARTS) is 1. The van der Waals surface area contributed by atoms with Gasteiger partial charge in [-0.1, -0.05) is 0 Å². The average Bonchev–Trinajstić information content (AvgIpc) is 2.78. The maximum absolute atomic E-state index is 11.8. The minimum atomic E-state index is -0.937. The van der Waals surface area contributed by atoms with Gasteiger partial charge in [-0.3, -0.25) is 14.6 Å². The molecule has 0 aromatic carbocycles. The molecule has 2 aromatic heterocycles. The summed E-state index contributed by atoms with van der Waals surface area (Å²) in [6.07, 6.45) is 1.31. The Kier molecular flexibility index (Phi) is 4.28. The van der Waals surface area contributed by atoms with Gasteiger partial charge in [0.1, 0.15) is 0 Å². The van der Waals surface area contributed by atoms with Crippen LogP contribution in [0.4, 0.5) is 5.69 Å². The molecule has 1 amide bonds. The van der Waals surface area contributed by atoms with Crippen molar-refractivity contribution in [1.82, 2.24) is 4.98 Å². The second-order valence-corrected chi connectivity index (χ2v) is 6.13. The molecule has 0 saturated carbocycles. The van der Waals surface area contributed by atoms with Crippen LogP contribution in [0.1, 0.15) is 15.4 Å². The smallest absolute Gasteiger partial charge is 0.309 e. The van der Waals surface area contributed by atoms with Crippen molar-refractivity contribution < 1.29 is 14.7 Å². The highest BCUT2D eigenvalue weighted by molar-refractivity contribution is 9.11. The van der Waals surface area contributed by atoms with E-state index in [2.05, 4.69) is 26.2 Å². The summed E-state index contributed by atoms with van der Waals surface area (Å²) >= 11 is 4.62. The summed E-state index contributed by atoms with van der Waals surface area (Å²) in [5.74, 6) is -1.16. The molecule has 0 bridgehead atoms. The first kappa shape index (κ1) is 13.7. The van der Waals surface area contributed by atoms with Crippen molar-refractivity contribution >= 4 is 44.8 Å². The first-order chi connectivity index (χ1) is 9.04. The van der Waals surface area contributed by atoms with E-state index in [0.29, 0.717) is 16.3 Å². The van der Waals surface area contributed by atoms with Crippen molar-refractivity contribution in [1.29, 1.82) is 0 Å². The standard InChI is InChI=1S/C12H9BrN2O3S/c13-10-4-3-9(19-10)12(18)15-8-2-1-7(14-6-8)5-11(16)17/h1-4,6H,5H2,(H,15,18)(H,16,17). The van der Waals surface area contributed by atoms with Crippen molar-refractivity contribution in [3.63, 3.8) is 0 Å². The number of hydrogen-bond donors (Lipinski definition) is 2. The molecule has 0 radical (unpaired) electrons. The Hall–Kier alpha value is -1.73. The number of carboxylic acids is 1. The van der Waals surface area contributed by atoms with Crippen LogP contribution < -0.4 is 5.32 Å². The molecule has 0 unspecified atom stereocenters. The Morgan fingerprint density at radius 2 is 2.11 bits per heavy atom. The van der Waals surface area contributed by atoms with Crippen LogP contribution in [0.3, 0.4) is 0 Å². The number of carbonyl (C=O) groups excluding carboxylic acids is 1. The zero-order valence-electron chi connectivity index (χ0n) is 9.59. The van der Waals surface area contributed by atoms with Gasteiger partial charge in [-0.25, -0.2) is 0 Å². The summed E-state index contributed by atoms with van der Waals surface area (Å²) in [6.45, 7) is 0. The Balaban J connectivity index is 2.03. The molecule has 0 fully saturated rings. The van der Waals surface area contributed by atoms with Gasteiger partial charge in [0.15, 0.2) is 0 Å². The molecule has 0 aliphatic carbocycles. The van der Waals surface area contributed by atoms with Crippen molar-refractivity contribution in [2.45, 2.75) is 6.42 Å². The molecule has 5 nitrogen and oxygen atoms in total. The fraction of sp³-hybridized carbons (Fsp3) is 0.0833. The Morgan fingerprint density at radius 1 is 1.32 bits per heavy atom. The maximum atomic E-state index is 11.8. The lowest BCUT2D eigenvalue weighted by Crippen LogP contribution is -2.10. The first-order valence-corrected chi connectivity index (χ1v) is 6.89. The first-order valence-electron chi connectivity index (χ1n) is 5.28. The van der Waals surface area contributed by atoms with E-state index in [4.69, 9.17) is 5.11 Å². The number of pyridine rings is 1. The van der Waals surface area contributed by atoms with Gasteiger partial charge in [-0.2, -0.15) is 0 Å². The highest BCUT2D eigenvalue weighted by Crippen LogP contribution is 2.22. The molecule has 0 saturated heterocycles. The number of nitrogens with zero attached hydrogens (tertiary/aromatic N) is 1. The predicted molar refractivity (Wildman–Crippen MR) is 75.5 cm³/mol. The van der Waals surface area contributed by atoms with Crippen LogP contribution in [0.15, 0.2) is 34.2 Å². The highest BCUT2D eigenvalue weighted by Gasteiger charge is 2.09. The molecule has 0 aliphatic rings. The van der Waals surface area contributed by atoms with Gasteiger partial charge in [0.2, 0.25) is 0 Å². The van der Waals surface area contributed by atoms with E-state index in [0.717, 1.165) is 3.79 Å². The van der Waals surface area contributed by atoms with Crippen LogP contribution in [0.25, 0.3) is 0 Å². The number of aromatic nitrogens is 1. The number of aliphatic carboxylic acids is 1. The van der Waals surface area contributed by atoms with Crippen molar-refractivity contribution in [2.24, 2.45) is 0 Å². The number of rotatable bonds is 4. The topological polar surface area (TPSA) is 79.3 Å². The average molecular weight is 341 g/mol. The van der Waals surface area contributed by atoms with Gasteiger partial charge in [-0.05, 0) is 40.2 Å². The molecule has 2 rings (SSSR count). The quantitative estimate of drug-likeness (QED) is 0.896. The van der Waals surface area contributed by atoms with E-state index < -0.39 is 5.97 Å². The minimum absolute atomic E-state index is 0.133.